The number of amides is 1. The van der Waals surface area contributed by atoms with Gasteiger partial charge in [-0.15, -0.1) is 0 Å². The van der Waals surface area contributed by atoms with Gasteiger partial charge in [0.2, 0.25) is 5.91 Å². The molecule has 0 unspecified atom stereocenters. The second kappa shape index (κ2) is 8.63. The molecule has 2 fully saturated rings. The highest BCUT2D eigenvalue weighted by atomic mass is 16.2. The van der Waals surface area contributed by atoms with Gasteiger partial charge in [-0.1, -0.05) is 0 Å². The van der Waals surface area contributed by atoms with Gasteiger partial charge in [0.15, 0.2) is 0 Å². The summed E-state index contributed by atoms with van der Waals surface area (Å²) in [6.45, 7) is 9.27. The number of carbonyl (C=O) groups is 2. The molecule has 126 valence electrons. The van der Waals surface area contributed by atoms with Crippen molar-refractivity contribution in [3.05, 3.63) is 0 Å². The average Bonchev–Trinajstić information content (AvgIpc) is 2.52. The highest BCUT2D eigenvalue weighted by Crippen LogP contribution is 2.21. The van der Waals surface area contributed by atoms with Gasteiger partial charge in [0.25, 0.3) is 0 Å². The molecule has 0 aromatic heterocycles. The number of carbonyl (C=O) groups excluding carboxylic acids is 2. The van der Waals surface area contributed by atoms with Crippen LogP contribution in [0.3, 0.4) is 0 Å². The largest absolute Gasteiger partial charge is 0.343 e. The van der Waals surface area contributed by atoms with E-state index in [1.54, 1.807) is 6.92 Å². The van der Waals surface area contributed by atoms with Gasteiger partial charge in [0.1, 0.15) is 5.78 Å². The van der Waals surface area contributed by atoms with E-state index < -0.39 is 0 Å². The molecule has 0 bridgehead atoms. The molecule has 0 atom stereocenters. The number of Topliss-reactive ketones (excluding diaryl/α,β-unsaturated/α-hetero) is 1. The topological polar surface area (TPSA) is 43.9 Å². The van der Waals surface area contributed by atoms with E-state index in [4.69, 9.17) is 0 Å². The van der Waals surface area contributed by atoms with Crippen molar-refractivity contribution >= 4 is 11.7 Å². The van der Waals surface area contributed by atoms with Crippen LogP contribution in [0.15, 0.2) is 0 Å². The molecule has 2 aliphatic heterocycles. The summed E-state index contributed by atoms with van der Waals surface area (Å²) in [4.78, 5) is 29.9. The summed E-state index contributed by atoms with van der Waals surface area (Å²) >= 11 is 0. The SMILES string of the molecule is CC(=O)CCC(=O)N1CCC(CCN2CCN(C)CC2)CC1. The van der Waals surface area contributed by atoms with Crippen LogP contribution in [-0.4, -0.2) is 79.3 Å². The maximum atomic E-state index is 12.0. The Bertz CT molecular complexity index is 370. The number of ketones is 1. The lowest BCUT2D eigenvalue weighted by molar-refractivity contribution is -0.134. The van der Waals surface area contributed by atoms with Crippen LogP contribution in [-0.2, 0) is 9.59 Å². The van der Waals surface area contributed by atoms with Gasteiger partial charge in [-0.3, -0.25) is 4.79 Å². The first-order chi connectivity index (χ1) is 10.5. The van der Waals surface area contributed by atoms with E-state index in [1.165, 1.54) is 39.1 Å². The third kappa shape index (κ3) is 5.69. The van der Waals surface area contributed by atoms with E-state index in [0.717, 1.165) is 31.8 Å². The Hall–Kier alpha value is -0.940. The van der Waals surface area contributed by atoms with E-state index in [9.17, 15) is 9.59 Å². The molecule has 22 heavy (non-hydrogen) atoms. The molecule has 2 rings (SSSR count). The molecule has 5 nitrogen and oxygen atoms in total. The van der Waals surface area contributed by atoms with E-state index in [2.05, 4.69) is 16.8 Å². The van der Waals surface area contributed by atoms with Crippen LogP contribution in [0.25, 0.3) is 0 Å². The first kappa shape index (κ1) is 17.4. The Morgan fingerprint density at radius 2 is 1.59 bits per heavy atom. The van der Waals surface area contributed by atoms with Crippen LogP contribution in [0.4, 0.5) is 0 Å². The molecule has 0 aromatic rings. The fraction of sp³-hybridized carbons (Fsp3) is 0.882. The van der Waals surface area contributed by atoms with Gasteiger partial charge in [0, 0.05) is 52.1 Å². The first-order valence-electron chi connectivity index (χ1n) is 8.72. The summed E-state index contributed by atoms with van der Waals surface area (Å²) < 4.78 is 0. The molecule has 0 radical (unpaired) electrons. The molecule has 0 aliphatic carbocycles. The lowest BCUT2D eigenvalue weighted by Gasteiger charge is -2.35. The van der Waals surface area contributed by atoms with Gasteiger partial charge in [0.05, 0.1) is 0 Å². The van der Waals surface area contributed by atoms with Crippen LogP contribution in [0, 0.1) is 5.92 Å². The molecule has 2 heterocycles. The van der Waals surface area contributed by atoms with Crippen molar-refractivity contribution in [1.29, 1.82) is 0 Å². The second-order valence-corrected chi connectivity index (χ2v) is 6.96. The van der Waals surface area contributed by atoms with Crippen LogP contribution in [0.2, 0.25) is 0 Å². The second-order valence-electron chi connectivity index (χ2n) is 6.96. The van der Waals surface area contributed by atoms with Gasteiger partial charge in [-0.05, 0) is 45.7 Å². The van der Waals surface area contributed by atoms with Crippen molar-refractivity contribution in [2.75, 3.05) is 52.9 Å². The van der Waals surface area contributed by atoms with Crippen LogP contribution in [0.1, 0.15) is 39.0 Å². The van der Waals surface area contributed by atoms with Crippen molar-refractivity contribution in [3.8, 4) is 0 Å². The predicted molar refractivity (Wildman–Crippen MR) is 87.8 cm³/mol. The van der Waals surface area contributed by atoms with E-state index in [1.807, 2.05) is 4.90 Å². The molecule has 0 saturated carbocycles. The highest BCUT2D eigenvalue weighted by Gasteiger charge is 2.23. The summed E-state index contributed by atoms with van der Waals surface area (Å²) in [7, 11) is 2.19. The number of hydrogen-bond donors (Lipinski definition) is 0. The number of piperidine rings is 1. The van der Waals surface area contributed by atoms with Gasteiger partial charge < -0.3 is 19.5 Å². The number of nitrogens with zero attached hydrogens (tertiary/aromatic N) is 3. The fourth-order valence-corrected chi connectivity index (χ4v) is 3.35. The van der Waals surface area contributed by atoms with E-state index in [0.29, 0.717) is 12.8 Å². The zero-order valence-electron chi connectivity index (χ0n) is 14.2. The quantitative estimate of drug-likeness (QED) is 0.740. The minimum absolute atomic E-state index is 0.107. The molecule has 0 N–H and O–H groups in total. The fourth-order valence-electron chi connectivity index (χ4n) is 3.35. The Morgan fingerprint density at radius 1 is 0.955 bits per heavy atom. The lowest BCUT2D eigenvalue weighted by Crippen LogP contribution is -2.45. The first-order valence-corrected chi connectivity index (χ1v) is 8.72. The Kier molecular flexibility index (Phi) is 6.83. The van der Waals surface area contributed by atoms with Crippen molar-refractivity contribution in [3.63, 3.8) is 0 Å². The van der Waals surface area contributed by atoms with Crippen molar-refractivity contribution in [1.82, 2.24) is 14.7 Å². The maximum absolute atomic E-state index is 12.0. The predicted octanol–water partition coefficient (Wildman–Crippen LogP) is 1.23. The minimum Gasteiger partial charge on any atom is -0.343 e. The number of likely N-dealkylation sites (tertiary alicyclic amines) is 1. The smallest absolute Gasteiger partial charge is 0.223 e. The molecule has 1 amide bonds. The highest BCUT2D eigenvalue weighted by molar-refractivity contribution is 5.83. The van der Waals surface area contributed by atoms with Gasteiger partial charge in [-0.25, -0.2) is 0 Å². The Balaban J connectivity index is 1.60. The molecular formula is C17H31N3O2. The van der Waals surface area contributed by atoms with Crippen molar-refractivity contribution in [2.45, 2.75) is 39.0 Å². The average molecular weight is 309 g/mol. The Labute approximate surface area is 134 Å². The zero-order valence-corrected chi connectivity index (χ0v) is 14.2. The molecule has 2 saturated heterocycles. The molecule has 2 aliphatic rings. The molecule has 5 heteroatoms. The standard InChI is InChI=1S/C17H31N3O2/c1-15(21)3-4-17(22)20-9-6-16(7-10-20)5-8-19-13-11-18(2)12-14-19/h16H,3-14H2,1-2H3. The van der Waals surface area contributed by atoms with Crippen molar-refractivity contribution < 1.29 is 9.59 Å². The summed E-state index contributed by atoms with van der Waals surface area (Å²) in [5.41, 5.74) is 0. The number of likely N-dealkylation sites (N-methyl/N-ethyl adjacent to an activating group) is 1. The minimum atomic E-state index is 0.107. The zero-order chi connectivity index (χ0) is 15.9. The molecule has 0 aromatic carbocycles. The normalized spacial score (nSPS) is 22.0. The van der Waals surface area contributed by atoms with Gasteiger partial charge in [-0.2, -0.15) is 0 Å². The lowest BCUT2D eigenvalue weighted by atomic mass is 9.93. The summed E-state index contributed by atoms with van der Waals surface area (Å²) in [6.07, 6.45) is 4.29. The summed E-state index contributed by atoms with van der Waals surface area (Å²) in [5.74, 6) is 1.03. The maximum Gasteiger partial charge on any atom is 0.223 e. The summed E-state index contributed by atoms with van der Waals surface area (Å²) in [5, 5.41) is 0. The molecule has 0 spiro atoms. The Morgan fingerprint density at radius 3 is 2.18 bits per heavy atom. The summed E-state index contributed by atoms with van der Waals surface area (Å²) in [6, 6.07) is 0. The van der Waals surface area contributed by atoms with Crippen molar-refractivity contribution in [2.24, 2.45) is 5.92 Å². The van der Waals surface area contributed by atoms with Gasteiger partial charge >= 0.3 is 0 Å². The molecular weight excluding hydrogens is 278 g/mol. The monoisotopic (exact) mass is 309 g/mol. The third-order valence-electron chi connectivity index (χ3n) is 5.11. The number of piperazine rings is 1. The van der Waals surface area contributed by atoms with E-state index >= 15 is 0 Å². The van der Waals surface area contributed by atoms with Crippen LogP contribution >= 0.6 is 0 Å². The number of hydrogen-bond acceptors (Lipinski definition) is 4. The third-order valence-corrected chi connectivity index (χ3v) is 5.11. The van der Waals surface area contributed by atoms with Crippen LogP contribution in [0.5, 0.6) is 0 Å². The van der Waals surface area contributed by atoms with E-state index in [-0.39, 0.29) is 11.7 Å². The number of rotatable bonds is 6. The van der Waals surface area contributed by atoms with Crippen LogP contribution < -0.4 is 0 Å².